The van der Waals surface area contributed by atoms with Crippen molar-refractivity contribution in [2.75, 3.05) is 0 Å². The predicted molar refractivity (Wildman–Crippen MR) is 93.4 cm³/mol. The molecular formula is C17H18BClNO3. The first-order chi connectivity index (χ1) is 10.7. The van der Waals surface area contributed by atoms with Crippen LogP contribution in [0.4, 0.5) is 0 Å². The Morgan fingerprint density at radius 1 is 1.22 bits per heavy atom. The van der Waals surface area contributed by atoms with E-state index in [0.29, 0.717) is 16.2 Å². The van der Waals surface area contributed by atoms with Crippen molar-refractivity contribution in [1.29, 1.82) is 0 Å². The summed E-state index contributed by atoms with van der Waals surface area (Å²) in [5.74, 6) is 0. The average Bonchev–Trinajstić information content (AvgIpc) is 2.86. The first-order valence-corrected chi connectivity index (χ1v) is 7.78. The molecule has 0 saturated heterocycles. The summed E-state index contributed by atoms with van der Waals surface area (Å²) in [4.78, 5) is 4.39. The summed E-state index contributed by atoms with van der Waals surface area (Å²) in [6.45, 7) is 7.10. The van der Waals surface area contributed by atoms with Gasteiger partial charge in [0.1, 0.15) is 5.52 Å². The van der Waals surface area contributed by atoms with Gasteiger partial charge in [-0.1, -0.05) is 17.7 Å². The first-order valence-electron chi connectivity index (χ1n) is 7.40. The molecule has 0 bridgehead atoms. The molecule has 6 heteroatoms. The lowest BCUT2D eigenvalue weighted by atomic mass is 9.81. The molecule has 0 amide bonds. The van der Waals surface area contributed by atoms with E-state index in [1.807, 2.05) is 32.0 Å². The summed E-state index contributed by atoms with van der Waals surface area (Å²) in [6.07, 6.45) is 1.71. The van der Waals surface area contributed by atoms with Crippen molar-refractivity contribution < 1.29 is 14.2 Å². The number of pyridine rings is 1. The van der Waals surface area contributed by atoms with E-state index >= 15 is 0 Å². The van der Waals surface area contributed by atoms with Crippen LogP contribution in [0.1, 0.15) is 27.7 Å². The molecule has 23 heavy (non-hydrogen) atoms. The largest absolute Gasteiger partial charge is 0.453 e. The molecule has 3 aromatic rings. The number of nitrogens with zero attached hydrogens (tertiary/aromatic N) is 1. The van der Waals surface area contributed by atoms with Gasteiger partial charge >= 0.3 is 7.48 Å². The molecule has 0 spiro atoms. The van der Waals surface area contributed by atoms with Crippen molar-refractivity contribution in [3.63, 3.8) is 0 Å². The molecule has 0 saturated carbocycles. The summed E-state index contributed by atoms with van der Waals surface area (Å²) in [5, 5.41) is 11.5. The van der Waals surface area contributed by atoms with Gasteiger partial charge in [0.25, 0.3) is 0 Å². The standard InChI is InChI=1S/C17H18BClNO3/c1-16(2,21)17(3,4)23-18-10-7-8-11(19)15-13(10)14-12(22-15)6-5-9-20-14/h5-9,21H,1-4H3. The minimum absolute atomic E-state index is 0.525. The van der Waals surface area contributed by atoms with E-state index in [0.717, 1.165) is 16.4 Å². The zero-order valence-corrected chi connectivity index (χ0v) is 14.3. The van der Waals surface area contributed by atoms with Crippen LogP contribution in [0.15, 0.2) is 34.9 Å². The summed E-state index contributed by atoms with van der Waals surface area (Å²) in [6, 6.07) is 7.29. The van der Waals surface area contributed by atoms with Crippen molar-refractivity contribution in [2.24, 2.45) is 0 Å². The van der Waals surface area contributed by atoms with E-state index in [4.69, 9.17) is 20.7 Å². The van der Waals surface area contributed by atoms with Gasteiger partial charge in [-0.2, -0.15) is 0 Å². The highest BCUT2D eigenvalue weighted by atomic mass is 35.5. The van der Waals surface area contributed by atoms with Crippen LogP contribution in [0.25, 0.3) is 22.1 Å². The fourth-order valence-electron chi connectivity index (χ4n) is 2.14. The number of hydrogen-bond acceptors (Lipinski definition) is 4. The third-order valence-corrected chi connectivity index (χ3v) is 4.61. The second kappa shape index (κ2) is 5.51. The average molecular weight is 331 g/mol. The van der Waals surface area contributed by atoms with Gasteiger partial charge in [-0.15, -0.1) is 0 Å². The minimum atomic E-state index is -0.994. The number of aliphatic hydroxyl groups is 1. The maximum atomic E-state index is 10.2. The summed E-state index contributed by atoms with van der Waals surface area (Å²) in [7, 11) is 1.63. The fraction of sp³-hybridized carbons (Fsp3) is 0.353. The Morgan fingerprint density at radius 2 is 1.96 bits per heavy atom. The maximum Gasteiger partial charge on any atom is 0.331 e. The Hall–Kier alpha value is -1.56. The Balaban J connectivity index is 2.07. The highest BCUT2D eigenvalue weighted by Gasteiger charge is 2.36. The van der Waals surface area contributed by atoms with E-state index in [2.05, 4.69) is 4.98 Å². The molecule has 0 aliphatic rings. The van der Waals surface area contributed by atoms with E-state index in [-0.39, 0.29) is 0 Å². The molecule has 1 N–H and O–H groups in total. The van der Waals surface area contributed by atoms with E-state index < -0.39 is 11.2 Å². The van der Waals surface area contributed by atoms with Crippen molar-refractivity contribution in [2.45, 2.75) is 38.9 Å². The van der Waals surface area contributed by atoms with E-state index in [1.54, 1.807) is 33.6 Å². The van der Waals surface area contributed by atoms with Crippen LogP contribution in [0, 0.1) is 0 Å². The van der Waals surface area contributed by atoms with Crippen LogP contribution in [-0.2, 0) is 4.65 Å². The zero-order valence-electron chi connectivity index (χ0n) is 13.6. The topological polar surface area (TPSA) is 55.5 Å². The molecular weight excluding hydrogens is 312 g/mol. The number of aromatic nitrogens is 1. The maximum absolute atomic E-state index is 10.2. The normalized spacial score (nSPS) is 13.0. The van der Waals surface area contributed by atoms with Crippen molar-refractivity contribution in [3.8, 4) is 0 Å². The van der Waals surface area contributed by atoms with Crippen LogP contribution >= 0.6 is 11.6 Å². The van der Waals surface area contributed by atoms with E-state index in [9.17, 15) is 5.11 Å². The Morgan fingerprint density at radius 3 is 2.65 bits per heavy atom. The number of fused-ring (bicyclic) bond motifs is 3. The molecule has 2 heterocycles. The quantitative estimate of drug-likeness (QED) is 0.745. The summed E-state index contributed by atoms with van der Waals surface area (Å²) < 4.78 is 11.7. The van der Waals surface area contributed by atoms with Crippen LogP contribution in [0.2, 0.25) is 5.02 Å². The predicted octanol–water partition coefficient (Wildman–Crippen LogP) is 3.45. The van der Waals surface area contributed by atoms with E-state index in [1.165, 1.54) is 0 Å². The molecule has 0 fully saturated rings. The molecule has 2 aromatic heterocycles. The molecule has 119 valence electrons. The molecule has 1 radical (unpaired) electrons. The second-order valence-corrected chi connectivity index (χ2v) is 7.01. The Bertz CT molecular complexity index is 867. The molecule has 0 aliphatic heterocycles. The highest BCUT2D eigenvalue weighted by Crippen LogP contribution is 2.31. The van der Waals surface area contributed by atoms with Crippen LogP contribution in [-0.4, -0.2) is 28.8 Å². The molecule has 0 unspecified atom stereocenters. The van der Waals surface area contributed by atoms with Crippen molar-refractivity contribution >= 4 is 46.6 Å². The van der Waals surface area contributed by atoms with Crippen LogP contribution < -0.4 is 5.46 Å². The molecule has 3 rings (SSSR count). The smallest absolute Gasteiger partial charge is 0.331 e. The Kier molecular flexibility index (Phi) is 3.91. The monoisotopic (exact) mass is 330 g/mol. The van der Waals surface area contributed by atoms with Crippen molar-refractivity contribution in [1.82, 2.24) is 4.98 Å². The number of benzene rings is 1. The summed E-state index contributed by atoms with van der Waals surface area (Å²) in [5.41, 5.74) is 1.04. The number of hydrogen-bond donors (Lipinski definition) is 1. The fourth-order valence-corrected chi connectivity index (χ4v) is 2.34. The third kappa shape index (κ3) is 2.85. The van der Waals surface area contributed by atoms with Gasteiger partial charge in [-0.3, -0.25) is 4.98 Å². The molecule has 1 aromatic carbocycles. The van der Waals surface area contributed by atoms with Crippen LogP contribution in [0.5, 0.6) is 0 Å². The van der Waals surface area contributed by atoms with Gasteiger partial charge in [0.05, 0.1) is 16.2 Å². The Labute approximate surface area is 140 Å². The number of rotatable bonds is 4. The van der Waals surface area contributed by atoms with Gasteiger partial charge in [-0.05, 0) is 51.4 Å². The SMILES string of the molecule is CC(C)(O)C(C)(C)O[B]c1ccc(Cl)c2oc3cccnc3c12. The van der Waals surface area contributed by atoms with Gasteiger partial charge in [-0.25, -0.2) is 0 Å². The number of furan rings is 1. The lowest BCUT2D eigenvalue weighted by Gasteiger charge is -2.37. The molecule has 0 aliphatic carbocycles. The lowest BCUT2D eigenvalue weighted by molar-refractivity contribution is -0.0893. The zero-order chi connectivity index (χ0) is 16.8. The summed E-state index contributed by atoms with van der Waals surface area (Å²) >= 11 is 6.25. The van der Waals surface area contributed by atoms with Crippen molar-refractivity contribution in [3.05, 3.63) is 35.5 Å². The van der Waals surface area contributed by atoms with Gasteiger partial charge < -0.3 is 14.2 Å². The third-order valence-electron chi connectivity index (χ3n) is 4.32. The minimum Gasteiger partial charge on any atom is -0.453 e. The highest BCUT2D eigenvalue weighted by molar-refractivity contribution is 6.53. The molecule has 0 atom stereocenters. The number of halogens is 1. The van der Waals surface area contributed by atoms with Gasteiger partial charge in [0.2, 0.25) is 0 Å². The first kappa shape index (κ1) is 16.3. The van der Waals surface area contributed by atoms with Gasteiger partial charge in [0.15, 0.2) is 11.2 Å². The van der Waals surface area contributed by atoms with Gasteiger partial charge in [0, 0.05) is 11.6 Å². The lowest BCUT2D eigenvalue weighted by Crippen LogP contribution is -2.49. The van der Waals surface area contributed by atoms with Crippen LogP contribution in [0.3, 0.4) is 0 Å². The molecule has 4 nitrogen and oxygen atoms in total. The second-order valence-electron chi connectivity index (χ2n) is 6.60.